The quantitative estimate of drug-likeness (QED) is 0.760. The summed E-state index contributed by atoms with van der Waals surface area (Å²) in [4.78, 5) is 12.1. The summed E-state index contributed by atoms with van der Waals surface area (Å²) in [6.45, 7) is 2.31. The van der Waals surface area contributed by atoms with Crippen molar-refractivity contribution in [2.45, 2.75) is 38.5 Å². The van der Waals surface area contributed by atoms with Gasteiger partial charge < -0.3 is 4.98 Å². The van der Waals surface area contributed by atoms with Crippen LogP contribution in [-0.2, 0) is 0 Å². The summed E-state index contributed by atoms with van der Waals surface area (Å²) in [6, 6.07) is 2.09. The Kier molecular flexibility index (Phi) is 2.37. The molecule has 1 saturated carbocycles. The van der Waals surface area contributed by atoms with Crippen LogP contribution in [0.1, 0.15) is 44.2 Å². The van der Waals surface area contributed by atoms with E-state index < -0.39 is 0 Å². The first-order valence-corrected chi connectivity index (χ1v) is 7.18. The van der Waals surface area contributed by atoms with Crippen LogP contribution in [0.25, 0.3) is 16.8 Å². The summed E-state index contributed by atoms with van der Waals surface area (Å²) < 4.78 is 2.29. The van der Waals surface area contributed by atoms with E-state index in [9.17, 15) is 0 Å². The largest absolute Gasteiger partial charge is 0.345 e. The minimum Gasteiger partial charge on any atom is -0.345 e. The molecule has 1 N–H and O–H groups in total. The van der Waals surface area contributed by atoms with E-state index in [-0.39, 0.29) is 0 Å². The van der Waals surface area contributed by atoms with Gasteiger partial charge in [-0.05, 0) is 24.8 Å². The van der Waals surface area contributed by atoms with Crippen LogP contribution in [-0.4, -0.2) is 19.4 Å². The Labute approximate surface area is 111 Å². The molecule has 0 radical (unpaired) electrons. The maximum absolute atomic E-state index is 4.55. The first-order valence-electron chi connectivity index (χ1n) is 7.18. The predicted octanol–water partition coefficient (Wildman–Crippen LogP) is 3.50. The summed E-state index contributed by atoms with van der Waals surface area (Å²) in [6.07, 6.45) is 11.1. The molecule has 0 saturated heterocycles. The molecule has 0 bridgehead atoms. The SMILES string of the molecule is CC[C@@H]1CCCC1c1cnc2cnc3[nH]ccc3n12. The molecular weight excluding hydrogens is 236 g/mol. The third-order valence-electron chi connectivity index (χ3n) is 4.63. The molecule has 1 unspecified atom stereocenters. The fraction of sp³-hybridized carbons (Fsp3) is 0.467. The monoisotopic (exact) mass is 254 g/mol. The van der Waals surface area contributed by atoms with Gasteiger partial charge in [-0.25, -0.2) is 9.97 Å². The topological polar surface area (TPSA) is 46.0 Å². The zero-order chi connectivity index (χ0) is 12.8. The van der Waals surface area contributed by atoms with Crippen molar-refractivity contribution in [2.75, 3.05) is 0 Å². The lowest BCUT2D eigenvalue weighted by Crippen LogP contribution is -2.08. The number of nitrogens with zero attached hydrogens (tertiary/aromatic N) is 3. The van der Waals surface area contributed by atoms with Gasteiger partial charge in [-0.3, -0.25) is 4.40 Å². The van der Waals surface area contributed by atoms with Gasteiger partial charge in [-0.15, -0.1) is 0 Å². The van der Waals surface area contributed by atoms with Gasteiger partial charge in [0.15, 0.2) is 11.3 Å². The van der Waals surface area contributed by atoms with Crippen LogP contribution >= 0.6 is 0 Å². The molecule has 1 fully saturated rings. The summed E-state index contributed by atoms with van der Waals surface area (Å²) in [5, 5.41) is 0. The molecular formula is C15H18N4. The second kappa shape index (κ2) is 4.08. The summed E-state index contributed by atoms with van der Waals surface area (Å²) in [5.41, 5.74) is 4.42. The fourth-order valence-corrected chi connectivity index (χ4v) is 3.67. The lowest BCUT2D eigenvalue weighted by molar-refractivity contribution is 0.461. The number of rotatable bonds is 2. The second-order valence-corrected chi connectivity index (χ2v) is 5.55. The van der Waals surface area contributed by atoms with Crippen molar-refractivity contribution in [3.05, 3.63) is 30.4 Å². The van der Waals surface area contributed by atoms with Gasteiger partial charge in [0.25, 0.3) is 0 Å². The highest BCUT2D eigenvalue weighted by molar-refractivity contribution is 5.74. The highest BCUT2D eigenvalue weighted by Gasteiger charge is 2.29. The molecule has 0 amide bonds. The third-order valence-corrected chi connectivity index (χ3v) is 4.63. The van der Waals surface area contributed by atoms with Crippen LogP contribution in [0, 0.1) is 5.92 Å². The molecule has 1 aliphatic rings. The number of hydrogen-bond donors (Lipinski definition) is 1. The van der Waals surface area contributed by atoms with E-state index in [2.05, 4.69) is 38.5 Å². The number of nitrogens with one attached hydrogen (secondary N) is 1. The van der Waals surface area contributed by atoms with Crippen molar-refractivity contribution in [2.24, 2.45) is 5.92 Å². The Morgan fingerprint density at radius 3 is 3.16 bits per heavy atom. The van der Waals surface area contributed by atoms with Crippen molar-refractivity contribution >= 4 is 16.8 Å². The number of aromatic amines is 1. The van der Waals surface area contributed by atoms with Crippen LogP contribution in [0.3, 0.4) is 0 Å². The Morgan fingerprint density at radius 1 is 1.32 bits per heavy atom. The minimum atomic E-state index is 0.653. The number of imidazole rings is 1. The van der Waals surface area contributed by atoms with Crippen molar-refractivity contribution in [1.29, 1.82) is 0 Å². The Morgan fingerprint density at radius 2 is 2.26 bits per heavy atom. The number of hydrogen-bond acceptors (Lipinski definition) is 2. The Balaban J connectivity index is 1.96. The molecule has 4 nitrogen and oxygen atoms in total. The minimum absolute atomic E-state index is 0.653. The third kappa shape index (κ3) is 1.52. The maximum atomic E-state index is 4.55. The van der Waals surface area contributed by atoms with E-state index in [0.717, 1.165) is 22.7 Å². The van der Waals surface area contributed by atoms with E-state index in [4.69, 9.17) is 0 Å². The number of H-pyrrole nitrogens is 1. The van der Waals surface area contributed by atoms with Gasteiger partial charge in [0.05, 0.1) is 11.7 Å². The van der Waals surface area contributed by atoms with E-state index in [1.165, 1.54) is 31.4 Å². The van der Waals surface area contributed by atoms with Crippen molar-refractivity contribution in [3.63, 3.8) is 0 Å². The van der Waals surface area contributed by atoms with Crippen LogP contribution in [0.2, 0.25) is 0 Å². The zero-order valence-electron chi connectivity index (χ0n) is 11.1. The van der Waals surface area contributed by atoms with Crippen LogP contribution < -0.4 is 0 Å². The number of aromatic nitrogens is 4. The normalized spacial score (nSPS) is 23.6. The van der Waals surface area contributed by atoms with Crippen molar-refractivity contribution < 1.29 is 0 Å². The van der Waals surface area contributed by atoms with Gasteiger partial charge in [0.2, 0.25) is 0 Å². The molecule has 1 aliphatic carbocycles. The number of fused-ring (bicyclic) bond motifs is 3. The molecule has 0 spiro atoms. The van der Waals surface area contributed by atoms with Crippen LogP contribution in [0.15, 0.2) is 24.7 Å². The van der Waals surface area contributed by atoms with Crippen molar-refractivity contribution in [3.8, 4) is 0 Å². The Hall–Kier alpha value is -1.84. The lowest BCUT2D eigenvalue weighted by atomic mass is 9.91. The molecule has 0 aromatic carbocycles. The smallest absolute Gasteiger partial charge is 0.156 e. The fourth-order valence-electron chi connectivity index (χ4n) is 3.67. The van der Waals surface area contributed by atoms with E-state index in [0.29, 0.717) is 5.92 Å². The zero-order valence-corrected chi connectivity index (χ0v) is 11.1. The second-order valence-electron chi connectivity index (χ2n) is 5.55. The molecule has 3 aromatic heterocycles. The van der Waals surface area contributed by atoms with E-state index in [1.807, 2.05) is 12.4 Å². The predicted molar refractivity (Wildman–Crippen MR) is 75.2 cm³/mol. The summed E-state index contributed by atoms with van der Waals surface area (Å²) in [5.74, 6) is 1.46. The van der Waals surface area contributed by atoms with Gasteiger partial charge in [-0.1, -0.05) is 19.8 Å². The highest BCUT2D eigenvalue weighted by Crippen LogP contribution is 2.41. The highest BCUT2D eigenvalue weighted by atomic mass is 15.1. The van der Waals surface area contributed by atoms with E-state index in [1.54, 1.807) is 0 Å². The molecule has 2 atom stereocenters. The molecule has 98 valence electrons. The average molecular weight is 254 g/mol. The van der Waals surface area contributed by atoms with Gasteiger partial charge in [0, 0.05) is 24.0 Å². The van der Waals surface area contributed by atoms with Crippen LogP contribution in [0.4, 0.5) is 0 Å². The molecule has 19 heavy (non-hydrogen) atoms. The average Bonchev–Trinajstić information content (AvgIpc) is 3.15. The molecule has 0 aliphatic heterocycles. The standard InChI is InChI=1S/C15H18N4/c1-2-10-4-3-5-11(10)13-8-17-14-9-18-15-12(19(13)14)6-7-16-15/h6-11,16H,2-5H2,1H3/t10-,11?/m1/s1. The van der Waals surface area contributed by atoms with Gasteiger partial charge in [0.1, 0.15) is 0 Å². The molecule has 3 heterocycles. The van der Waals surface area contributed by atoms with Crippen LogP contribution in [0.5, 0.6) is 0 Å². The first kappa shape index (κ1) is 11.0. The molecule has 4 rings (SSSR count). The Bertz CT molecular complexity index is 724. The van der Waals surface area contributed by atoms with Gasteiger partial charge in [-0.2, -0.15) is 0 Å². The van der Waals surface area contributed by atoms with Crippen molar-refractivity contribution in [1.82, 2.24) is 19.4 Å². The summed E-state index contributed by atoms with van der Waals surface area (Å²) >= 11 is 0. The molecule has 4 heteroatoms. The lowest BCUT2D eigenvalue weighted by Gasteiger charge is -2.17. The van der Waals surface area contributed by atoms with Gasteiger partial charge >= 0.3 is 0 Å². The van der Waals surface area contributed by atoms with E-state index >= 15 is 0 Å². The summed E-state index contributed by atoms with van der Waals surface area (Å²) in [7, 11) is 0. The maximum Gasteiger partial charge on any atom is 0.156 e. The molecule has 3 aromatic rings. The first-order chi connectivity index (χ1) is 9.38.